The number of rotatable bonds is 18. The minimum Gasteiger partial charge on any atom is -0.222 e. The summed E-state index contributed by atoms with van der Waals surface area (Å²) in [5.41, 5.74) is 1.87. The van der Waals surface area contributed by atoms with Crippen LogP contribution in [0, 0.1) is 13.8 Å². The third-order valence-electron chi connectivity index (χ3n) is 6.93. The van der Waals surface area contributed by atoms with E-state index in [9.17, 15) is 16.8 Å². The van der Waals surface area contributed by atoms with Crippen molar-refractivity contribution in [2.45, 2.75) is 125 Å². The zero-order valence-corrected chi connectivity index (χ0v) is 24.2. The maximum Gasteiger partial charge on any atom is 0.195 e. The number of hydrogen-bond acceptors (Lipinski definition) is 4. The molecule has 2 aromatic carbocycles. The first-order valence-corrected chi connectivity index (χ1v) is 16.9. The van der Waals surface area contributed by atoms with E-state index in [1.165, 1.54) is 82.1 Å². The van der Waals surface area contributed by atoms with E-state index < -0.39 is 24.3 Å². The summed E-state index contributed by atoms with van der Waals surface area (Å²) in [5.74, 6) is 0. The molecule has 0 radical (unpaired) electrons. The molecule has 0 saturated carbocycles. The molecule has 0 unspecified atom stereocenters. The van der Waals surface area contributed by atoms with Crippen LogP contribution in [-0.4, -0.2) is 21.4 Å². The Kier molecular flexibility index (Phi) is 13.2. The first-order valence-electron chi connectivity index (χ1n) is 13.8. The molecule has 2 aromatic rings. The molecule has 0 spiro atoms. The van der Waals surface area contributed by atoms with Crippen LogP contribution in [0.2, 0.25) is 0 Å². The summed E-state index contributed by atoms with van der Waals surface area (Å²) in [5, 5.41) is 0. The molecule has 0 aliphatic heterocycles. The summed E-state index contributed by atoms with van der Waals surface area (Å²) < 4.78 is 52.5. The molecular formula is C30H46O4S2. The standard InChI is InChI=1S/C30H46O4S2/c1-4-5-6-7-8-9-10-11-12-13-14-15-16-17-30(35(31,32)28-22-18-26(2)19-23-28)36(33,34)29-24-20-27(3)21-25-29/h18-25,30H,4-17H2,1-3H3. The molecule has 0 aromatic heterocycles. The van der Waals surface area contributed by atoms with Crippen LogP contribution in [-0.2, 0) is 19.7 Å². The average molecular weight is 535 g/mol. The molecule has 0 amide bonds. The molecule has 0 saturated heterocycles. The third kappa shape index (κ3) is 9.66. The second kappa shape index (κ2) is 15.6. The molecular weight excluding hydrogens is 488 g/mol. The number of hydrogen-bond donors (Lipinski definition) is 0. The van der Waals surface area contributed by atoms with Crippen molar-refractivity contribution in [1.82, 2.24) is 0 Å². The molecule has 0 fully saturated rings. The van der Waals surface area contributed by atoms with Crippen molar-refractivity contribution in [3.63, 3.8) is 0 Å². The minimum atomic E-state index is -4.04. The summed E-state index contributed by atoms with van der Waals surface area (Å²) in [6, 6.07) is 12.9. The molecule has 6 heteroatoms. The lowest BCUT2D eigenvalue weighted by atomic mass is 10.0. The van der Waals surface area contributed by atoms with E-state index in [1.807, 2.05) is 13.8 Å². The lowest BCUT2D eigenvalue weighted by Gasteiger charge is -2.19. The highest BCUT2D eigenvalue weighted by Gasteiger charge is 2.39. The second-order valence-electron chi connectivity index (χ2n) is 10.2. The van der Waals surface area contributed by atoms with E-state index >= 15 is 0 Å². The van der Waals surface area contributed by atoms with Gasteiger partial charge in [-0.2, -0.15) is 0 Å². The molecule has 2 rings (SSSR count). The highest BCUT2D eigenvalue weighted by molar-refractivity contribution is 8.09. The van der Waals surface area contributed by atoms with Crippen molar-refractivity contribution >= 4 is 19.7 Å². The van der Waals surface area contributed by atoms with Crippen LogP contribution in [0.15, 0.2) is 58.3 Å². The Hall–Kier alpha value is -1.66. The summed E-state index contributed by atoms with van der Waals surface area (Å²) in [4.78, 5) is 0.145. The van der Waals surface area contributed by atoms with Gasteiger partial charge in [-0.25, -0.2) is 16.8 Å². The fraction of sp³-hybridized carbons (Fsp3) is 0.600. The summed E-state index contributed by atoms with van der Waals surface area (Å²) in [6.45, 7) is 6.00. The van der Waals surface area contributed by atoms with Crippen LogP contribution in [0.25, 0.3) is 0 Å². The van der Waals surface area contributed by atoms with Crippen molar-refractivity contribution in [2.24, 2.45) is 0 Å². The smallest absolute Gasteiger partial charge is 0.195 e. The quantitative estimate of drug-likeness (QED) is 0.180. The Balaban J connectivity index is 1.92. The Morgan fingerprint density at radius 1 is 0.500 bits per heavy atom. The van der Waals surface area contributed by atoms with Crippen LogP contribution in [0.4, 0.5) is 0 Å². The number of sulfone groups is 2. The predicted octanol–water partition coefficient (Wildman–Crippen LogP) is 8.36. The molecule has 0 heterocycles. The molecule has 0 aliphatic carbocycles. The molecule has 0 aliphatic rings. The van der Waals surface area contributed by atoms with Gasteiger partial charge in [0.15, 0.2) is 24.3 Å². The molecule has 0 N–H and O–H groups in total. The van der Waals surface area contributed by atoms with Gasteiger partial charge in [-0.3, -0.25) is 0 Å². The number of unbranched alkanes of at least 4 members (excludes halogenated alkanes) is 12. The van der Waals surface area contributed by atoms with Crippen molar-refractivity contribution in [1.29, 1.82) is 0 Å². The fourth-order valence-electron chi connectivity index (χ4n) is 4.57. The first kappa shape index (κ1) is 30.6. The van der Waals surface area contributed by atoms with Crippen molar-refractivity contribution in [2.75, 3.05) is 0 Å². The maximum atomic E-state index is 13.5. The average Bonchev–Trinajstić information content (AvgIpc) is 2.84. The monoisotopic (exact) mass is 534 g/mol. The van der Waals surface area contributed by atoms with Crippen LogP contribution in [0.1, 0.15) is 108 Å². The van der Waals surface area contributed by atoms with Gasteiger partial charge in [-0.15, -0.1) is 0 Å². The summed E-state index contributed by atoms with van der Waals surface area (Å²) in [7, 11) is -8.08. The Morgan fingerprint density at radius 2 is 0.806 bits per heavy atom. The number of aryl methyl sites for hydroxylation is 2. The van der Waals surface area contributed by atoms with Gasteiger partial charge in [0.1, 0.15) is 0 Å². The van der Waals surface area contributed by atoms with Gasteiger partial charge in [0, 0.05) is 0 Å². The first-order chi connectivity index (χ1) is 17.2. The van der Waals surface area contributed by atoms with Crippen LogP contribution in [0.5, 0.6) is 0 Å². The SMILES string of the molecule is CCCCCCCCCCCCCCCC(S(=O)(=O)c1ccc(C)cc1)S(=O)(=O)c1ccc(C)cc1. The maximum absolute atomic E-state index is 13.5. The molecule has 36 heavy (non-hydrogen) atoms. The van der Waals surface area contributed by atoms with Gasteiger partial charge < -0.3 is 0 Å². The second-order valence-corrected chi connectivity index (χ2v) is 14.7. The van der Waals surface area contributed by atoms with E-state index in [4.69, 9.17) is 0 Å². The highest BCUT2D eigenvalue weighted by atomic mass is 32.3. The highest BCUT2D eigenvalue weighted by Crippen LogP contribution is 2.30. The lowest BCUT2D eigenvalue weighted by Crippen LogP contribution is -2.31. The van der Waals surface area contributed by atoms with E-state index in [2.05, 4.69) is 6.92 Å². The largest absolute Gasteiger partial charge is 0.222 e. The summed E-state index contributed by atoms with van der Waals surface area (Å²) >= 11 is 0. The van der Waals surface area contributed by atoms with Gasteiger partial charge in [0.25, 0.3) is 0 Å². The Morgan fingerprint density at radius 3 is 1.14 bits per heavy atom. The fourth-order valence-corrected chi connectivity index (χ4v) is 9.16. The van der Waals surface area contributed by atoms with Crippen LogP contribution in [0.3, 0.4) is 0 Å². The molecule has 0 atom stereocenters. The summed E-state index contributed by atoms with van der Waals surface area (Å²) in [6.07, 6.45) is 15.4. The van der Waals surface area contributed by atoms with Gasteiger partial charge >= 0.3 is 0 Å². The van der Waals surface area contributed by atoms with Crippen molar-refractivity contribution < 1.29 is 16.8 Å². The van der Waals surface area contributed by atoms with Crippen LogP contribution >= 0.6 is 0 Å². The van der Waals surface area contributed by atoms with Crippen LogP contribution < -0.4 is 0 Å². The topological polar surface area (TPSA) is 68.3 Å². The molecule has 4 nitrogen and oxygen atoms in total. The normalized spacial score (nSPS) is 12.3. The van der Waals surface area contributed by atoms with Crippen molar-refractivity contribution in [3.05, 3.63) is 59.7 Å². The zero-order valence-electron chi connectivity index (χ0n) is 22.5. The zero-order chi connectivity index (χ0) is 26.4. The Bertz CT molecular complexity index is 1010. The predicted molar refractivity (Wildman–Crippen MR) is 151 cm³/mol. The van der Waals surface area contributed by atoms with Gasteiger partial charge in [0.2, 0.25) is 0 Å². The molecule has 202 valence electrons. The van der Waals surface area contributed by atoms with Crippen molar-refractivity contribution in [3.8, 4) is 0 Å². The lowest BCUT2D eigenvalue weighted by molar-refractivity contribution is 0.531. The third-order valence-corrected chi connectivity index (χ3v) is 12.2. The van der Waals surface area contributed by atoms with Gasteiger partial charge in [-0.05, 0) is 44.5 Å². The van der Waals surface area contributed by atoms with E-state index in [1.54, 1.807) is 24.3 Å². The minimum absolute atomic E-state index is 0.0727. The molecule has 0 bridgehead atoms. The number of benzene rings is 2. The van der Waals surface area contributed by atoms with Gasteiger partial charge in [-0.1, -0.05) is 126 Å². The Labute approximate surface area is 220 Å². The van der Waals surface area contributed by atoms with Gasteiger partial charge in [0.05, 0.1) is 9.79 Å². The van der Waals surface area contributed by atoms with E-state index in [0.29, 0.717) is 6.42 Å². The van der Waals surface area contributed by atoms with E-state index in [0.717, 1.165) is 30.4 Å². The van der Waals surface area contributed by atoms with E-state index in [-0.39, 0.29) is 16.2 Å².